The van der Waals surface area contributed by atoms with Crippen LogP contribution in [0.15, 0.2) is 123 Å². The number of hydrogen-bond donors (Lipinski definition) is 0. The summed E-state index contributed by atoms with van der Waals surface area (Å²) in [4.78, 5) is 0. The zero-order valence-electron chi connectivity index (χ0n) is 18.8. The van der Waals surface area contributed by atoms with Gasteiger partial charge in [-0.15, -0.1) is 83.2 Å². The van der Waals surface area contributed by atoms with E-state index in [1.54, 1.807) is 0 Å². The second-order valence-electron chi connectivity index (χ2n) is 8.10. The summed E-state index contributed by atoms with van der Waals surface area (Å²) >= 11 is 7.17. The molecule has 0 saturated carbocycles. The maximum atomic E-state index is 5.91. The van der Waals surface area contributed by atoms with Crippen LogP contribution >= 0.6 is 31.9 Å². The fourth-order valence-corrected chi connectivity index (χ4v) is 5.29. The molecule has 6 heteroatoms. The molecule has 1 nitrogen and oxygen atoms in total. The summed E-state index contributed by atoms with van der Waals surface area (Å²) in [5, 5.41) is 7.41. The Morgan fingerprint density at radius 2 is 1.33 bits per heavy atom. The van der Waals surface area contributed by atoms with Gasteiger partial charge in [-0.3, -0.25) is 0 Å². The van der Waals surface area contributed by atoms with Crippen molar-refractivity contribution < 1.29 is 55.4 Å². The summed E-state index contributed by atoms with van der Waals surface area (Å²) in [6, 6.07) is 37.9. The van der Waals surface area contributed by atoms with E-state index in [1.165, 1.54) is 38.1 Å². The first-order chi connectivity index (χ1) is 16.2. The molecule has 4 bridgehead atoms. The Hall–Kier alpha value is -1.68. The van der Waals surface area contributed by atoms with E-state index in [0.29, 0.717) is 0 Å². The van der Waals surface area contributed by atoms with E-state index >= 15 is 0 Å². The largest absolute Gasteiger partial charge is 4.00 e. The second kappa shape index (κ2) is 12.2. The van der Waals surface area contributed by atoms with Gasteiger partial charge in [0.2, 0.25) is 0 Å². The number of halogens is 4. The van der Waals surface area contributed by atoms with E-state index in [1.807, 2.05) is 30.3 Å². The van der Waals surface area contributed by atoms with Crippen LogP contribution in [0, 0.1) is 0 Å². The smallest absolute Gasteiger partial charge is 1.00 e. The van der Waals surface area contributed by atoms with Gasteiger partial charge in [0.05, 0.1) is 5.58 Å². The molecule has 0 amide bonds. The Morgan fingerprint density at radius 3 is 2.06 bits per heavy atom. The first kappa shape index (κ1) is 28.9. The molecule has 0 saturated heterocycles. The predicted molar refractivity (Wildman–Crippen MR) is 147 cm³/mol. The molecule has 36 heavy (non-hydrogen) atoms. The van der Waals surface area contributed by atoms with Crippen LogP contribution in [-0.4, -0.2) is 0 Å². The van der Waals surface area contributed by atoms with Crippen molar-refractivity contribution in [3.63, 3.8) is 0 Å². The first-order valence-electron chi connectivity index (χ1n) is 10.7. The fourth-order valence-electron chi connectivity index (χ4n) is 4.33. The molecule has 0 spiro atoms. The van der Waals surface area contributed by atoms with Crippen molar-refractivity contribution in [1.82, 2.24) is 0 Å². The monoisotopic (exact) mass is 712 g/mol. The van der Waals surface area contributed by atoms with Gasteiger partial charge in [-0.1, -0.05) is 83.1 Å². The van der Waals surface area contributed by atoms with Crippen LogP contribution in [0.3, 0.4) is 0 Å². The molecule has 8 aromatic rings. The predicted octanol–water partition coefficient (Wildman–Crippen LogP) is 4.21. The zero-order chi connectivity index (χ0) is 22.4. The fraction of sp³-hybridized carbons (Fsp3) is 0. The van der Waals surface area contributed by atoms with Gasteiger partial charge in [-0.25, -0.2) is 0 Å². The molecule has 8 rings (SSSR count). The van der Waals surface area contributed by atoms with Gasteiger partial charge >= 0.3 is 26.2 Å². The van der Waals surface area contributed by atoms with Crippen LogP contribution in [0.25, 0.3) is 54.6 Å². The minimum atomic E-state index is 0. The Bertz CT molecular complexity index is 1730. The van der Waals surface area contributed by atoms with Gasteiger partial charge in [0.25, 0.3) is 0 Å². The zero-order valence-corrected chi connectivity index (χ0v) is 26.0. The van der Waals surface area contributed by atoms with E-state index in [4.69, 9.17) is 4.42 Å². The summed E-state index contributed by atoms with van der Waals surface area (Å²) in [6.45, 7) is 0. The van der Waals surface area contributed by atoms with Crippen molar-refractivity contribution in [2.45, 2.75) is 0 Å². The summed E-state index contributed by atoms with van der Waals surface area (Å²) in [5.41, 5.74) is 4.36. The van der Waals surface area contributed by atoms with Crippen molar-refractivity contribution in [2.24, 2.45) is 0 Å². The third-order valence-corrected chi connectivity index (χ3v) is 7.40. The molecule has 2 heterocycles. The van der Waals surface area contributed by atoms with Crippen LogP contribution in [0.5, 0.6) is 0 Å². The molecule has 0 N–H and O–H groups in total. The van der Waals surface area contributed by atoms with Crippen molar-refractivity contribution in [1.29, 1.82) is 0 Å². The first-order valence-corrected chi connectivity index (χ1v) is 12.3. The van der Waals surface area contributed by atoms with E-state index in [0.717, 1.165) is 25.5 Å². The van der Waals surface area contributed by atoms with Crippen molar-refractivity contribution >= 4 is 75.3 Å². The number of benzene rings is 4. The molecule has 2 aromatic heterocycles. The molecular weight excluding hydrogens is 698 g/mol. The molecule has 0 aliphatic carbocycles. The minimum absolute atomic E-state index is 0. The van der Waals surface area contributed by atoms with Gasteiger partial charge in [0, 0.05) is 0 Å². The van der Waals surface area contributed by atoms with E-state index in [-0.39, 0.29) is 51.0 Å². The Labute approximate surface area is 257 Å². The molecule has 0 fully saturated rings. The van der Waals surface area contributed by atoms with Crippen LogP contribution < -0.4 is 24.8 Å². The normalized spacial score (nSPS) is 10.4. The average Bonchev–Trinajstić information content (AvgIpc) is 3.51. The summed E-state index contributed by atoms with van der Waals surface area (Å²) in [7, 11) is 0. The molecule has 0 unspecified atom stereocenters. The van der Waals surface area contributed by atoms with Crippen molar-refractivity contribution in [2.75, 3.05) is 0 Å². The SMILES string of the molecule is Brc1ccc2oc3ccc(cc3)c3cc2c1[cH-]3.Brc1cccc2cc(-c3ccccc3)[cH-]c12.[Cl-].[Cl-].[Zr+4]. The van der Waals surface area contributed by atoms with Gasteiger partial charge < -0.3 is 29.2 Å². The number of fused-ring (bicyclic) bond motifs is 3. The quantitative estimate of drug-likeness (QED) is 0.233. The average molecular weight is 716 g/mol. The maximum Gasteiger partial charge on any atom is 4.00 e. The van der Waals surface area contributed by atoms with Crippen molar-refractivity contribution in [3.8, 4) is 11.1 Å². The third-order valence-electron chi connectivity index (χ3n) is 6.01. The number of hydrogen-bond acceptors (Lipinski definition) is 1. The van der Waals surface area contributed by atoms with Gasteiger partial charge in [-0.2, -0.15) is 0 Å². The van der Waals surface area contributed by atoms with Gasteiger partial charge in [0.1, 0.15) is 5.58 Å². The third kappa shape index (κ3) is 5.59. The molecule has 6 aromatic carbocycles. The Kier molecular flexibility index (Phi) is 9.83. The van der Waals surface area contributed by atoms with E-state index in [9.17, 15) is 0 Å². The minimum Gasteiger partial charge on any atom is -1.00 e. The topological polar surface area (TPSA) is 13.1 Å². The molecule has 176 valence electrons. The molecule has 0 aliphatic rings. The van der Waals surface area contributed by atoms with Crippen molar-refractivity contribution in [3.05, 3.63) is 118 Å². The molecule has 0 radical (unpaired) electrons. The van der Waals surface area contributed by atoms with Crippen LogP contribution in [-0.2, 0) is 26.2 Å². The van der Waals surface area contributed by atoms with Crippen LogP contribution in [0.2, 0.25) is 0 Å². The molecule has 0 atom stereocenters. The number of rotatable bonds is 1. The summed E-state index contributed by atoms with van der Waals surface area (Å²) in [6.07, 6.45) is 0. The summed E-state index contributed by atoms with van der Waals surface area (Å²) < 4.78 is 8.18. The van der Waals surface area contributed by atoms with Crippen LogP contribution in [0.1, 0.15) is 0 Å². The maximum absolute atomic E-state index is 5.91. The molecular formula is C30H18Br2Cl2OZr. The second-order valence-corrected chi connectivity index (χ2v) is 9.80. The summed E-state index contributed by atoms with van der Waals surface area (Å²) in [5.74, 6) is 0. The van der Waals surface area contributed by atoms with Gasteiger partial charge in [-0.05, 0) is 27.1 Å². The Morgan fingerprint density at radius 1 is 0.611 bits per heavy atom. The Balaban J connectivity index is 0.000000185. The van der Waals surface area contributed by atoms with E-state index in [2.05, 4.69) is 111 Å². The van der Waals surface area contributed by atoms with Gasteiger partial charge in [0.15, 0.2) is 0 Å². The molecule has 0 aliphatic heterocycles. The van der Waals surface area contributed by atoms with E-state index < -0.39 is 0 Å². The standard InChI is InChI=1S/C15H8BrO.C15H10Br.2ClH.Zr/c16-14-5-6-15-13-8-10(7-12(13)14)9-1-3-11(17-15)4-2-9;16-15-8-4-7-12-9-13(10-14(12)15)11-5-2-1-3-6-11;;;/h1-8H;1-10H;2*1H;/q2*-1;;;+4/p-2. The van der Waals surface area contributed by atoms with Crippen LogP contribution in [0.4, 0.5) is 0 Å².